The maximum Gasteiger partial charge on any atom is 0.227 e. The van der Waals surface area contributed by atoms with E-state index >= 15 is 0 Å². The van der Waals surface area contributed by atoms with E-state index in [0.717, 1.165) is 61.2 Å². The fourth-order valence-electron chi connectivity index (χ4n) is 3.72. The third-order valence-electron chi connectivity index (χ3n) is 5.40. The first-order chi connectivity index (χ1) is 15.8. The van der Waals surface area contributed by atoms with Gasteiger partial charge in [0.2, 0.25) is 5.95 Å². The van der Waals surface area contributed by atoms with Crippen LogP contribution in [0.3, 0.4) is 0 Å². The number of benzene rings is 2. The Morgan fingerprint density at radius 3 is 2.66 bits per heavy atom. The molecule has 0 amide bonds. The van der Waals surface area contributed by atoms with Crippen LogP contribution < -0.4 is 10.2 Å². The van der Waals surface area contributed by atoms with E-state index < -0.39 is 0 Å². The van der Waals surface area contributed by atoms with Crippen molar-refractivity contribution in [2.75, 3.05) is 36.5 Å². The zero-order valence-corrected chi connectivity index (χ0v) is 17.8. The van der Waals surface area contributed by atoms with Crippen molar-refractivity contribution in [2.24, 2.45) is 0 Å². The standard InChI is InChI=1S/C23H24N8O/c1-2-31-22(27-28-29-31)17-6-8-19(9-7-17)25-23-24-11-10-21(26-23)18-4-3-5-20(16-18)30-12-14-32-15-13-30/h3-11,16H,2,12-15H2,1H3,(H,24,25,26). The van der Waals surface area contributed by atoms with Gasteiger partial charge in [-0.2, -0.15) is 0 Å². The topological polar surface area (TPSA) is 93.9 Å². The summed E-state index contributed by atoms with van der Waals surface area (Å²) in [7, 11) is 0. The van der Waals surface area contributed by atoms with Crippen LogP contribution >= 0.6 is 0 Å². The number of ether oxygens (including phenoxy) is 1. The van der Waals surface area contributed by atoms with Crippen LogP contribution in [-0.2, 0) is 11.3 Å². The average molecular weight is 429 g/mol. The van der Waals surface area contributed by atoms with Gasteiger partial charge in [0, 0.05) is 48.3 Å². The third-order valence-corrected chi connectivity index (χ3v) is 5.40. The van der Waals surface area contributed by atoms with Gasteiger partial charge < -0.3 is 15.0 Å². The predicted molar refractivity (Wildman–Crippen MR) is 123 cm³/mol. The van der Waals surface area contributed by atoms with Crippen LogP contribution in [0.15, 0.2) is 60.8 Å². The number of tetrazole rings is 1. The molecule has 0 atom stereocenters. The molecule has 32 heavy (non-hydrogen) atoms. The fraction of sp³-hybridized carbons (Fsp3) is 0.261. The number of rotatable bonds is 6. The van der Waals surface area contributed by atoms with Gasteiger partial charge in [-0.05, 0) is 59.8 Å². The van der Waals surface area contributed by atoms with Crippen molar-refractivity contribution in [1.29, 1.82) is 0 Å². The molecule has 9 heteroatoms. The zero-order chi connectivity index (χ0) is 21.8. The lowest BCUT2D eigenvalue weighted by Crippen LogP contribution is -2.36. The van der Waals surface area contributed by atoms with E-state index in [1.54, 1.807) is 10.9 Å². The monoisotopic (exact) mass is 428 g/mol. The molecule has 1 aliphatic rings. The Bertz CT molecular complexity index is 1180. The van der Waals surface area contributed by atoms with Crippen molar-refractivity contribution in [3.63, 3.8) is 0 Å². The second-order valence-electron chi connectivity index (χ2n) is 7.44. The molecule has 2 aromatic heterocycles. The fourth-order valence-corrected chi connectivity index (χ4v) is 3.72. The summed E-state index contributed by atoms with van der Waals surface area (Å²) in [5, 5.41) is 15.1. The molecule has 2 aromatic carbocycles. The molecule has 0 aliphatic carbocycles. The van der Waals surface area contributed by atoms with E-state index in [0.29, 0.717) is 5.95 Å². The molecule has 1 saturated heterocycles. The van der Waals surface area contributed by atoms with Crippen molar-refractivity contribution in [2.45, 2.75) is 13.5 Å². The first kappa shape index (κ1) is 20.1. The van der Waals surface area contributed by atoms with Gasteiger partial charge >= 0.3 is 0 Å². The Labute approximate surface area is 186 Å². The lowest BCUT2D eigenvalue weighted by atomic mass is 10.1. The Kier molecular flexibility index (Phi) is 5.71. The Hall–Kier alpha value is -3.85. The van der Waals surface area contributed by atoms with Crippen molar-refractivity contribution in [3.05, 3.63) is 60.8 Å². The zero-order valence-electron chi connectivity index (χ0n) is 17.8. The van der Waals surface area contributed by atoms with Crippen LogP contribution in [-0.4, -0.2) is 56.5 Å². The van der Waals surface area contributed by atoms with Gasteiger partial charge in [0.15, 0.2) is 5.82 Å². The summed E-state index contributed by atoms with van der Waals surface area (Å²) in [6.45, 7) is 6.06. The number of aryl methyl sites for hydroxylation is 1. The summed E-state index contributed by atoms with van der Waals surface area (Å²) in [4.78, 5) is 11.4. The predicted octanol–water partition coefficient (Wildman–Crippen LogP) is 3.40. The second-order valence-corrected chi connectivity index (χ2v) is 7.44. The number of hydrogen-bond acceptors (Lipinski definition) is 8. The van der Waals surface area contributed by atoms with Gasteiger partial charge in [0.1, 0.15) is 0 Å². The second kappa shape index (κ2) is 9.11. The van der Waals surface area contributed by atoms with E-state index in [4.69, 9.17) is 9.72 Å². The maximum absolute atomic E-state index is 5.47. The molecular formula is C23H24N8O. The molecule has 0 bridgehead atoms. The highest BCUT2D eigenvalue weighted by Gasteiger charge is 2.13. The van der Waals surface area contributed by atoms with E-state index in [1.807, 2.05) is 37.3 Å². The van der Waals surface area contributed by atoms with E-state index in [1.165, 1.54) is 5.69 Å². The van der Waals surface area contributed by atoms with Crippen LogP contribution in [0.25, 0.3) is 22.6 Å². The number of nitrogens with one attached hydrogen (secondary N) is 1. The Balaban J connectivity index is 1.33. The molecule has 0 saturated carbocycles. The summed E-state index contributed by atoms with van der Waals surface area (Å²) < 4.78 is 7.23. The summed E-state index contributed by atoms with van der Waals surface area (Å²) in [5.41, 5.74) is 4.96. The molecule has 4 aromatic rings. The smallest absolute Gasteiger partial charge is 0.227 e. The largest absolute Gasteiger partial charge is 0.378 e. The van der Waals surface area contributed by atoms with Crippen LogP contribution in [0, 0.1) is 0 Å². The lowest BCUT2D eigenvalue weighted by molar-refractivity contribution is 0.122. The minimum Gasteiger partial charge on any atom is -0.378 e. The highest BCUT2D eigenvalue weighted by Crippen LogP contribution is 2.26. The SMILES string of the molecule is CCn1nnnc1-c1ccc(Nc2nccc(-c3cccc(N4CCOCC4)c3)n2)cc1. The number of aromatic nitrogens is 6. The highest BCUT2D eigenvalue weighted by atomic mass is 16.5. The average Bonchev–Trinajstić information content (AvgIpc) is 3.34. The minimum atomic E-state index is 0.547. The number of morpholine rings is 1. The molecule has 5 rings (SSSR count). The van der Waals surface area contributed by atoms with Gasteiger partial charge in [0.05, 0.1) is 18.9 Å². The molecule has 0 spiro atoms. The van der Waals surface area contributed by atoms with Crippen LogP contribution in [0.2, 0.25) is 0 Å². The van der Waals surface area contributed by atoms with Gasteiger partial charge in [-0.3, -0.25) is 0 Å². The normalized spacial score (nSPS) is 13.8. The lowest BCUT2D eigenvalue weighted by Gasteiger charge is -2.29. The highest BCUT2D eigenvalue weighted by molar-refractivity contribution is 5.68. The molecule has 162 valence electrons. The van der Waals surface area contributed by atoms with Gasteiger partial charge in [-0.15, -0.1) is 5.10 Å². The summed E-state index contributed by atoms with van der Waals surface area (Å²) in [5.74, 6) is 1.29. The van der Waals surface area contributed by atoms with Crippen LogP contribution in [0.1, 0.15) is 6.92 Å². The molecule has 1 N–H and O–H groups in total. The van der Waals surface area contributed by atoms with Crippen molar-refractivity contribution >= 4 is 17.3 Å². The molecule has 0 radical (unpaired) electrons. The van der Waals surface area contributed by atoms with Crippen molar-refractivity contribution < 1.29 is 4.74 Å². The van der Waals surface area contributed by atoms with Crippen LogP contribution in [0.4, 0.5) is 17.3 Å². The third kappa shape index (κ3) is 4.28. The molecule has 3 heterocycles. The molecule has 9 nitrogen and oxygen atoms in total. The van der Waals surface area contributed by atoms with Gasteiger partial charge in [-0.25, -0.2) is 14.6 Å². The molecule has 1 fully saturated rings. The summed E-state index contributed by atoms with van der Waals surface area (Å²) in [6.07, 6.45) is 1.77. The number of nitrogens with zero attached hydrogens (tertiary/aromatic N) is 7. The molecular weight excluding hydrogens is 404 g/mol. The van der Waals surface area contributed by atoms with Crippen LogP contribution in [0.5, 0.6) is 0 Å². The molecule has 1 aliphatic heterocycles. The summed E-state index contributed by atoms with van der Waals surface area (Å²) in [6, 6.07) is 18.3. The van der Waals surface area contributed by atoms with E-state index in [9.17, 15) is 0 Å². The quantitative estimate of drug-likeness (QED) is 0.499. The van der Waals surface area contributed by atoms with E-state index in [-0.39, 0.29) is 0 Å². The van der Waals surface area contributed by atoms with Gasteiger partial charge in [0.25, 0.3) is 0 Å². The summed E-state index contributed by atoms with van der Waals surface area (Å²) >= 11 is 0. The minimum absolute atomic E-state index is 0.547. The molecule has 0 unspecified atom stereocenters. The Morgan fingerprint density at radius 2 is 1.84 bits per heavy atom. The van der Waals surface area contributed by atoms with Crippen molar-refractivity contribution in [1.82, 2.24) is 30.2 Å². The Morgan fingerprint density at radius 1 is 1.00 bits per heavy atom. The first-order valence-corrected chi connectivity index (χ1v) is 10.7. The first-order valence-electron chi connectivity index (χ1n) is 10.7. The maximum atomic E-state index is 5.47. The van der Waals surface area contributed by atoms with Gasteiger partial charge in [-0.1, -0.05) is 12.1 Å². The number of hydrogen-bond donors (Lipinski definition) is 1. The number of anilines is 3. The van der Waals surface area contributed by atoms with Crippen molar-refractivity contribution in [3.8, 4) is 22.6 Å². The van der Waals surface area contributed by atoms with E-state index in [2.05, 4.69) is 55.0 Å².